The zero-order chi connectivity index (χ0) is 15.6. The summed E-state index contributed by atoms with van der Waals surface area (Å²) in [5, 5.41) is 3.01. The van der Waals surface area contributed by atoms with E-state index >= 15 is 0 Å². The summed E-state index contributed by atoms with van der Waals surface area (Å²) in [5.74, 6) is 0.0490. The van der Waals surface area contributed by atoms with Crippen LogP contribution in [0.4, 0.5) is 0 Å². The van der Waals surface area contributed by atoms with E-state index in [0.29, 0.717) is 19.0 Å². The minimum absolute atomic E-state index is 0.0211. The SMILES string of the molecule is CC(C)(C)CC(N)CC(=O)N1CCCC1C(=O)NC1CC1. The predicted octanol–water partition coefficient (Wildman–Crippen LogP) is 1.41. The molecule has 0 radical (unpaired) electrons. The maximum absolute atomic E-state index is 12.4. The first-order chi connectivity index (χ1) is 9.76. The van der Waals surface area contributed by atoms with E-state index in [1.54, 1.807) is 4.90 Å². The summed E-state index contributed by atoms with van der Waals surface area (Å²) in [6.45, 7) is 7.06. The molecule has 5 heteroatoms. The van der Waals surface area contributed by atoms with Crippen LogP contribution in [-0.2, 0) is 9.59 Å². The summed E-state index contributed by atoms with van der Waals surface area (Å²) in [6.07, 6.45) is 4.98. The first-order valence-electron chi connectivity index (χ1n) is 8.12. The first-order valence-corrected chi connectivity index (χ1v) is 8.12. The van der Waals surface area contributed by atoms with Crippen LogP contribution in [0.5, 0.6) is 0 Å². The Morgan fingerprint density at radius 3 is 2.52 bits per heavy atom. The van der Waals surface area contributed by atoms with E-state index < -0.39 is 0 Å². The summed E-state index contributed by atoms with van der Waals surface area (Å²) in [4.78, 5) is 26.3. The van der Waals surface area contributed by atoms with Crippen molar-refractivity contribution in [1.29, 1.82) is 0 Å². The lowest BCUT2D eigenvalue weighted by Crippen LogP contribution is -2.47. The van der Waals surface area contributed by atoms with Crippen molar-refractivity contribution in [2.45, 2.75) is 77.4 Å². The summed E-state index contributed by atoms with van der Waals surface area (Å²) in [6, 6.07) is -0.0663. The standard InChI is InChI=1S/C16H29N3O2/c1-16(2,3)10-11(17)9-14(20)19-8-4-5-13(19)15(21)18-12-6-7-12/h11-13H,4-10,17H2,1-3H3,(H,18,21). The lowest BCUT2D eigenvalue weighted by Gasteiger charge is -2.27. The zero-order valence-electron chi connectivity index (χ0n) is 13.5. The predicted molar refractivity (Wildman–Crippen MR) is 82.6 cm³/mol. The Hall–Kier alpha value is -1.10. The van der Waals surface area contributed by atoms with Gasteiger partial charge in [0.15, 0.2) is 0 Å². The summed E-state index contributed by atoms with van der Waals surface area (Å²) in [5.41, 5.74) is 6.21. The van der Waals surface area contributed by atoms with Crippen molar-refractivity contribution in [1.82, 2.24) is 10.2 Å². The lowest BCUT2D eigenvalue weighted by molar-refractivity contribution is -0.138. The fourth-order valence-corrected chi connectivity index (χ4v) is 3.06. The van der Waals surface area contributed by atoms with Crippen molar-refractivity contribution in [3.8, 4) is 0 Å². The molecule has 0 aromatic heterocycles. The fourth-order valence-electron chi connectivity index (χ4n) is 3.06. The molecule has 1 aliphatic carbocycles. The zero-order valence-corrected chi connectivity index (χ0v) is 13.5. The maximum atomic E-state index is 12.4. The van der Waals surface area contributed by atoms with Crippen molar-refractivity contribution < 1.29 is 9.59 Å². The molecule has 5 nitrogen and oxygen atoms in total. The van der Waals surface area contributed by atoms with Gasteiger partial charge in [0.1, 0.15) is 6.04 Å². The average molecular weight is 295 g/mol. The minimum atomic E-state index is -0.278. The van der Waals surface area contributed by atoms with Crippen LogP contribution in [0.15, 0.2) is 0 Å². The molecule has 1 heterocycles. The smallest absolute Gasteiger partial charge is 0.243 e. The van der Waals surface area contributed by atoms with E-state index in [4.69, 9.17) is 5.73 Å². The molecule has 2 fully saturated rings. The third-order valence-corrected chi connectivity index (χ3v) is 4.11. The molecule has 1 aliphatic heterocycles. The molecule has 2 amide bonds. The van der Waals surface area contributed by atoms with Gasteiger partial charge in [-0.05, 0) is 37.5 Å². The quantitative estimate of drug-likeness (QED) is 0.805. The average Bonchev–Trinajstić information content (AvgIpc) is 3.00. The molecular weight excluding hydrogens is 266 g/mol. The second kappa shape index (κ2) is 6.34. The normalized spacial score (nSPS) is 24.0. The van der Waals surface area contributed by atoms with Crippen LogP contribution < -0.4 is 11.1 Å². The van der Waals surface area contributed by atoms with E-state index in [9.17, 15) is 9.59 Å². The molecule has 0 aromatic rings. The van der Waals surface area contributed by atoms with Crippen LogP contribution in [0.3, 0.4) is 0 Å². The van der Waals surface area contributed by atoms with Gasteiger partial charge in [-0.25, -0.2) is 0 Å². The highest BCUT2D eigenvalue weighted by atomic mass is 16.2. The van der Waals surface area contributed by atoms with Gasteiger partial charge >= 0.3 is 0 Å². The molecular formula is C16H29N3O2. The van der Waals surface area contributed by atoms with Crippen LogP contribution in [0.25, 0.3) is 0 Å². The van der Waals surface area contributed by atoms with E-state index in [1.807, 2.05) is 0 Å². The van der Waals surface area contributed by atoms with Gasteiger partial charge in [0.2, 0.25) is 11.8 Å². The third kappa shape index (κ3) is 4.99. The molecule has 0 bridgehead atoms. The van der Waals surface area contributed by atoms with Crippen molar-refractivity contribution in [2.24, 2.45) is 11.1 Å². The number of rotatable bonds is 5. The number of nitrogens with two attached hydrogens (primary N) is 1. The molecule has 21 heavy (non-hydrogen) atoms. The molecule has 3 N–H and O–H groups in total. The number of likely N-dealkylation sites (tertiary alicyclic amines) is 1. The fraction of sp³-hybridized carbons (Fsp3) is 0.875. The number of carbonyl (C=O) groups is 2. The second-order valence-electron chi connectivity index (χ2n) is 7.76. The highest BCUT2D eigenvalue weighted by molar-refractivity contribution is 5.88. The Labute approximate surface area is 127 Å². The van der Waals surface area contributed by atoms with E-state index in [1.165, 1.54) is 0 Å². The van der Waals surface area contributed by atoms with E-state index in [-0.39, 0.29) is 29.3 Å². The van der Waals surface area contributed by atoms with Crippen LogP contribution in [0.1, 0.15) is 59.3 Å². The molecule has 2 aliphatic rings. The van der Waals surface area contributed by atoms with Crippen molar-refractivity contribution in [2.75, 3.05) is 6.54 Å². The second-order valence-corrected chi connectivity index (χ2v) is 7.76. The van der Waals surface area contributed by atoms with Crippen LogP contribution >= 0.6 is 0 Å². The van der Waals surface area contributed by atoms with E-state index in [2.05, 4.69) is 26.1 Å². The summed E-state index contributed by atoms with van der Waals surface area (Å²) >= 11 is 0. The van der Waals surface area contributed by atoms with Gasteiger partial charge in [-0.1, -0.05) is 20.8 Å². The van der Waals surface area contributed by atoms with Crippen molar-refractivity contribution >= 4 is 11.8 Å². The number of hydrogen-bond donors (Lipinski definition) is 2. The van der Waals surface area contributed by atoms with Crippen molar-refractivity contribution in [3.63, 3.8) is 0 Å². The Balaban J connectivity index is 1.86. The monoisotopic (exact) mass is 295 g/mol. The highest BCUT2D eigenvalue weighted by Gasteiger charge is 2.36. The number of nitrogens with one attached hydrogen (secondary N) is 1. The molecule has 2 atom stereocenters. The van der Waals surface area contributed by atoms with Gasteiger partial charge in [0, 0.05) is 25.0 Å². The highest BCUT2D eigenvalue weighted by Crippen LogP contribution is 2.25. The van der Waals surface area contributed by atoms with Gasteiger partial charge in [0.25, 0.3) is 0 Å². The lowest BCUT2D eigenvalue weighted by atomic mass is 9.87. The molecule has 2 rings (SSSR count). The van der Waals surface area contributed by atoms with Gasteiger partial charge in [-0.3, -0.25) is 9.59 Å². The Bertz CT molecular complexity index is 399. The van der Waals surface area contributed by atoms with Gasteiger partial charge in [-0.15, -0.1) is 0 Å². The van der Waals surface area contributed by atoms with Gasteiger partial charge in [0.05, 0.1) is 0 Å². The Kier molecular flexibility index (Phi) is 4.91. The van der Waals surface area contributed by atoms with Gasteiger partial charge in [-0.2, -0.15) is 0 Å². The molecule has 1 saturated carbocycles. The minimum Gasteiger partial charge on any atom is -0.352 e. The van der Waals surface area contributed by atoms with E-state index in [0.717, 1.165) is 32.1 Å². The first kappa shape index (κ1) is 16.3. The largest absolute Gasteiger partial charge is 0.352 e. The van der Waals surface area contributed by atoms with Crippen LogP contribution in [0.2, 0.25) is 0 Å². The Morgan fingerprint density at radius 2 is 1.95 bits per heavy atom. The number of carbonyl (C=O) groups excluding carboxylic acids is 2. The number of hydrogen-bond acceptors (Lipinski definition) is 3. The third-order valence-electron chi connectivity index (χ3n) is 4.11. The van der Waals surface area contributed by atoms with Gasteiger partial charge < -0.3 is 16.0 Å². The maximum Gasteiger partial charge on any atom is 0.243 e. The molecule has 0 spiro atoms. The number of amides is 2. The topological polar surface area (TPSA) is 75.4 Å². The van der Waals surface area contributed by atoms with Crippen LogP contribution in [-0.4, -0.2) is 41.4 Å². The number of nitrogens with zero attached hydrogens (tertiary/aromatic N) is 1. The molecule has 120 valence electrons. The Morgan fingerprint density at radius 1 is 1.29 bits per heavy atom. The van der Waals surface area contributed by atoms with Crippen LogP contribution in [0, 0.1) is 5.41 Å². The molecule has 0 aromatic carbocycles. The molecule has 1 saturated heterocycles. The molecule has 2 unspecified atom stereocenters. The summed E-state index contributed by atoms with van der Waals surface area (Å²) in [7, 11) is 0. The summed E-state index contributed by atoms with van der Waals surface area (Å²) < 4.78 is 0. The van der Waals surface area contributed by atoms with Crippen molar-refractivity contribution in [3.05, 3.63) is 0 Å².